The minimum atomic E-state index is -0.378. The number of anilines is 1. The van der Waals surface area contributed by atoms with Gasteiger partial charge in [-0.3, -0.25) is 14.4 Å². The minimum absolute atomic E-state index is 0.0688. The lowest BCUT2D eigenvalue weighted by Crippen LogP contribution is -2.50. The molecule has 174 valence electrons. The SMILES string of the molecule is CCOC(=O)N1CCN(C(=O)c2ccccc2NC(=O)CCNC(=O)c2ccccc2)CC1. The molecule has 0 saturated carbocycles. The van der Waals surface area contributed by atoms with Crippen LogP contribution in [0.4, 0.5) is 10.5 Å². The second-order valence-corrected chi connectivity index (χ2v) is 7.44. The molecule has 9 heteroatoms. The van der Waals surface area contributed by atoms with E-state index in [9.17, 15) is 19.2 Å². The normalized spacial score (nSPS) is 13.2. The fourth-order valence-corrected chi connectivity index (χ4v) is 3.45. The minimum Gasteiger partial charge on any atom is -0.450 e. The highest BCUT2D eigenvalue weighted by Crippen LogP contribution is 2.19. The highest BCUT2D eigenvalue weighted by molar-refractivity contribution is 6.04. The zero-order valence-electron chi connectivity index (χ0n) is 18.6. The van der Waals surface area contributed by atoms with Crippen molar-refractivity contribution in [2.24, 2.45) is 0 Å². The van der Waals surface area contributed by atoms with Gasteiger partial charge in [0.25, 0.3) is 11.8 Å². The molecule has 3 rings (SSSR count). The van der Waals surface area contributed by atoms with Crippen LogP contribution in [0.5, 0.6) is 0 Å². The van der Waals surface area contributed by atoms with Crippen molar-refractivity contribution in [3.05, 3.63) is 65.7 Å². The fraction of sp³-hybridized carbons (Fsp3) is 0.333. The monoisotopic (exact) mass is 452 g/mol. The molecule has 1 saturated heterocycles. The average molecular weight is 453 g/mol. The van der Waals surface area contributed by atoms with Crippen molar-refractivity contribution < 1.29 is 23.9 Å². The molecule has 0 unspecified atom stereocenters. The van der Waals surface area contributed by atoms with Crippen LogP contribution in [0.1, 0.15) is 34.1 Å². The lowest BCUT2D eigenvalue weighted by atomic mass is 10.1. The van der Waals surface area contributed by atoms with Crippen molar-refractivity contribution in [3.63, 3.8) is 0 Å². The molecule has 0 aromatic heterocycles. The number of rotatable bonds is 7. The maximum absolute atomic E-state index is 13.0. The van der Waals surface area contributed by atoms with Crippen LogP contribution in [0.2, 0.25) is 0 Å². The Labute approximate surface area is 192 Å². The van der Waals surface area contributed by atoms with Crippen molar-refractivity contribution in [2.75, 3.05) is 44.6 Å². The first kappa shape index (κ1) is 23.8. The fourth-order valence-electron chi connectivity index (χ4n) is 3.45. The predicted octanol–water partition coefficient (Wildman–Crippen LogP) is 2.36. The Kier molecular flexibility index (Phi) is 8.40. The molecular formula is C24H28N4O5. The molecule has 9 nitrogen and oxygen atoms in total. The van der Waals surface area contributed by atoms with Crippen LogP contribution in [-0.4, -0.2) is 72.9 Å². The summed E-state index contributed by atoms with van der Waals surface area (Å²) in [6, 6.07) is 15.6. The van der Waals surface area contributed by atoms with E-state index in [1.54, 1.807) is 65.3 Å². The van der Waals surface area contributed by atoms with Gasteiger partial charge in [0.15, 0.2) is 0 Å². The Bertz CT molecular complexity index is 987. The maximum atomic E-state index is 13.0. The Morgan fingerprint density at radius 3 is 2.21 bits per heavy atom. The van der Waals surface area contributed by atoms with Crippen LogP contribution in [0.15, 0.2) is 54.6 Å². The Morgan fingerprint density at radius 2 is 1.52 bits per heavy atom. The topological polar surface area (TPSA) is 108 Å². The lowest BCUT2D eigenvalue weighted by Gasteiger charge is -2.34. The van der Waals surface area contributed by atoms with E-state index in [0.717, 1.165) is 0 Å². The largest absolute Gasteiger partial charge is 0.450 e. The summed E-state index contributed by atoms with van der Waals surface area (Å²) in [6.45, 7) is 3.77. The standard InChI is InChI=1S/C24H28N4O5/c1-2-33-24(32)28-16-14-27(15-17-28)23(31)19-10-6-7-11-20(19)26-21(29)12-13-25-22(30)18-8-4-3-5-9-18/h3-11H,2,12-17H2,1H3,(H,25,30)(H,26,29). The molecule has 0 aliphatic carbocycles. The summed E-state index contributed by atoms with van der Waals surface area (Å²) in [7, 11) is 0. The molecule has 4 amide bonds. The third kappa shape index (κ3) is 6.55. The van der Waals surface area contributed by atoms with Gasteiger partial charge < -0.3 is 25.2 Å². The number of amides is 4. The molecular weight excluding hydrogens is 424 g/mol. The van der Waals surface area contributed by atoms with Crippen LogP contribution in [0, 0.1) is 0 Å². The first-order chi connectivity index (χ1) is 16.0. The number of nitrogens with one attached hydrogen (secondary N) is 2. The van der Waals surface area contributed by atoms with Crippen LogP contribution in [0.25, 0.3) is 0 Å². The molecule has 1 heterocycles. The molecule has 1 aliphatic rings. The summed E-state index contributed by atoms with van der Waals surface area (Å²) in [6.07, 6.45) is -0.309. The number of carbonyl (C=O) groups excluding carboxylic acids is 4. The molecule has 33 heavy (non-hydrogen) atoms. The van der Waals surface area contributed by atoms with E-state index >= 15 is 0 Å². The molecule has 0 spiro atoms. The lowest BCUT2D eigenvalue weighted by molar-refractivity contribution is -0.116. The van der Waals surface area contributed by atoms with E-state index in [-0.39, 0.29) is 36.8 Å². The molecule has 0 atom stereocenters. The van der Waals surface area contributed by atoms with Gasteiger partial charge in [-0.1, -0.05) is 30.3 Å². The van der Waals surface area contributed by atoms with Crippen molar-refractivity contribution in [1.82, 2.24) is 15.1 Å². The predicted molar refractivity (Wildman–Crippen MR) is 123 cm³/mol. The van der Waals surface area contributed by atoms with Crippen LogP contribution < -0.4 is 10.6 Å². The highest BCUT2D eigenvalue weighted by atomic mass is 16.6. The molecule has 1 aliphatic heterocycles. The average Bonchev–Trinajstić information content (AvgIpc) is 2.84. The summed E-state index contributed by atoms with van der Waals surface area (Å²) < 4.78 is 5.01. The highest BCUT2D eigenvalue weighted by Gasteiger charge is 2.26. The van der Waals surface area contributed by atoms with Gasteiger partial charge in [0.1, 0.15) is 0 Å². The summed E-state index contributed by atoms with van der Waals surface area (Å²) in [5.74, 6) is -0.775. The first-order valence-corrected chi connectivity index (χ1v) is 10.9. The smallest absolute Gasteiger partial charge is 0.409 e. The van der Waals surface area contributed by atoms with Crippen LogP contribution in [-0.2, 0) is 9.53 Å². The number of hydrogen-bond donors (Lipinski definition) is 2. The number of piperazine rings is 1. The van der Waals surface area contributed by atoms with Crippen molar-refractivity contribution in [1.29, 1.82) is 0 Å². The summed E-state index contributed by atoms with van der Waals surface area (Å²) >= 11 is 0. The number of hydrogen-bond acceptors (Lipinski definition) is 5. The van der Waals surface area contributed by atoms with Gasteiger partial charge in [0.2, 0.25) is 5.91 Å². The summed E-state index contributed by atoms with van der Waals surface area (Å²) in [4.78, 5) is 52.6. The van der Waals surface area contributed by atoms with Gasteiger partial charge in [-0.25, -0.2) is 4.79 Å². The van der Waals surface area contributed by atoms with E-state index in [1.165, 1.54) is 0 Å². The number of ether oxygens (including phenoxy) is 1. The van der Waals surface area contributed by atoms with E-state index in [0.29, 0.717) is 49.6 Å². The second-order valence-electron chi connectivity index (χ2n) is 7.44. The third-order valence-corrected chi connectivity index (χ3v) is 5.20. The quantitative estimate of drug-likeness (QED) is 0.671. The molecule has 2 aromatic rings. The number of benzene rings is 2. The van der Waals surface area contributed by atoms with Gasteiger partial charge in [-0.2, -0.15) is 0 Å². The van der Waals surface area contributed by atoms with Gasteiger partial charge in [-0.05, 0) is 31.2 Å². The van der Waals surface area contributed by atoms with Gasteiger partial charge in [0, 0.05) is 44.7 Å². The van der Waals surface area contributed by atoms with Gasteiger partial charge >= 0.3 is 6.09 Å². The zero-order chi connectivity index (χ0) is 23.6. The molecule has 0 radical (unpaired) electrons. The molecule has 2 N–H and O–H groups in total. The van der Waals surface area contributed by atoms with E-state index < -0.39 is 0 Å². The number of para-hydroxylation sites is 1. The number of nitrogens with zero attached hydrogens (tertiary/aromatic N) is 2. The first-order valence-electron chi connectivity index (χ1n) is 10.9. The van der Waals surface area contributed by atoms with E-state index in [1.807, 2.05) is 6.07 Å². The second kappa shape index (κ2) is 11.7. The summed E-state index contributed by atoms with van der Waals surface area (Å²) in [5, 5.41) is 5.48. The van der Waals surface area contributed by atoms with Gasteiger partial charge in [-0.15, -0.1) is 0 Å². The molecule has 2 aromatic carbocycles. The zero-order valence-corrected chi connectivity index (χ0v) is 18.6. The Hall–Kier alpha value is -3.88. The number of carbonyl (C=O) groups is 4. The molecule has 1 fully saturated rings. The van der Waals surface area contributed by atoms with E-state index in [2.05, 4.69) is 10.6 Å². The Balaban J connectivity index is 1.52. The van der Waals surface area contributed by atoms with E-state index in [4.69, 9.17) is 4.74 Å². The van der Waals surface area contributed by atoms with Crippen LogP contribution >= 0.6 is 0 Å². The summed E-state index contributed by atoms with van der Waals surface area (Å²) in [5.41, 5.74) is 1.32. The third-order valence-electron chi connectivity index (χ3n) is 5.20. The van der Waals surface area contributed by atoms with Crippen molar-refractivity contribution >= 4 is 29.5 Å². The van der Waals surface area contributed by atoms with Gasteiger partial charge in [0.05, 0.1) is 17.9 Å². The van der Waals surface area contributed by atoms with Crippen molar-refractivity contribution in [2.45, 2.75) is 13.3 Å². The maximum Gasteiger partial charge on any atom is 0.409 e. The Morgan fingerprint density at radius 1 is 0.879 bits per heavy atom. The van der Waals surface area contributed by atoms with Crippen LogP contribution in [0.3, 0.4) is 0 Å². The molecule has 0 bridgehead atoms. The van der Waals surface area contributed by atoms with Crippen molar-refractivity contribution in [3.8, 4) is 0 Å².